The van der Waals surface area contributed by atoms with E-state index in [4.69, 9.17) is 5.73 Å². The predicted molar refractivity (Wildman–Crippen MR) is 87.5 cm³/mol. The highest BCUT2D eigenvalue weighted by Gasteiger charge is 2.24. The van der Waals surface area contributed by atoms with Crippen molar-refractivity contribution in [2.75, 3.05) is 24.5 Å². The third-order valence-corrected chi connectivity index (χ3v) is 4.23. The average molecular weight is 303 g/mol. The maximum atomic E-state index is 12.7. The number of amides is 2. The number of piperidine rings is 1. The van der Waals surface area contributed by atoms with Gasteiger partial charge in [-0.25, -0.2) is 0 Å². The maximum absolute atomic E-state index is 12.7. The molecule has 1 aliphatic rings. The lowest BCUT2D eigenvalue weighted by Gasteiger charge is -2.34. The molecule has 0 saturated carbocycles. The lowest BCUT2D eigenvalue weighted by Crippen LogP contribution is -2.46. The van der Waals surface area contributed by atoms with Gasteiger partial charge < -0.3 is 10.6 Å². The van der Waals surface area contributed by atoms with Crippen LogP contribution in [0.4, 0.5) is 5.69 Å². The molecule has 1 heterocycles. The summed E-state index contributed by atoms with van der Waals surface area (Å²) in [6, 6.07) is 9.91. The first kappa shape index (κ1) is 16.5. The Morgan fingerprint density at radius 2 is 2.00 bits per heavy atom. The quantitative estimate of drug-likeness (QED) is 0.871. The van der Waals surface area contributed by atoms with Gasteiger partial charge in [-0.05, 0) is 38.4 Å². The number of benzene rings is 1. The van der Waals surface area contributed by atoms with Crippen LogP contribution >= 0.6 is 0 Å². The van der Waals surface area contributed by atoms with Crippen molar-refractivity contribution < 1.29 is 9.59 Å². The third kappa shape index (κ3) is 4.56. The fourth-order valence-corrected chi connectivity index (χ4v) is 2.88. The smallest absolute Gasteiger partial charge is 0.241 e. The van der Waals surface area contributed by atoms with E-state index in [2.05, 4.69) is 11.8 Å². The molecule has 1 aromatic carbocycles. The predicted octanol–water partition coefficient (Wildman–Crippen LogP) is 1.77. The molecule has 1 saturated heterocycles. The molecule has 1 unspecified atom stereocenters. The summed E-state index contributed by atoms with van der Waals surface area (Å²) in [6.07, 6.45) is 3.69. The molecule has 22 heavy (non-hydrogen) atoms. The highest BCUT2D eigenvalue weighted by atomic mass is 16.2. The van der Waals surface area contributed by atoms with Gasteiger partial charge >= 0.3 is 0 Å². The van der Waals surface area contributed by atoms with Crippen molar-refractivity contribution >= 4 is 17.5 Å². The van der Waals surface area contributed by atoms with Gasteiger partial charge in [-0.2, -0.15) is 0 Å². The van der Waals surface area contributed by atoms with Crippen molar-refractivity contribution in [3.8, 4) is 0 Å². The number of primary amides is 1. The molecule has 1 aromatic rings. The Balaban J connectivity index is 2.06. The Hall–Kier alpha value is -1.88. The lowest BCUT2D eigenvalue weighted by molar-refractivity contribution is -0.120. The number of anilines is 1. The zero-order valence-electron chi connectivity index (χ0n) is 13.2. The zero-order chi connectivity index (χ0) is 15.9. The van der Waals surface area contributed by atoms with Gasteiger partial charge in [-0.15, -0.1) is 0 Å². The molecule has 120 valence electrons. The Labute approximate surface area is 132 Å². The molecular formula is C17H25N3O2. The van der Waals surface area contributed by atoms with Gasteiger partial charge in [0.2, 0.25) is 11.8 Å². The largest absolute Gasteiger partial charge is 0.370 e. The van der Waals surface area contributed by atoms with E-state index in [0.29, 0.717) is 19.1 Å². The second-order valence-electron chi connectivity index (χ2n) is 5.91. The summed E-state index contributed by atoms with van der Waals surface area (Å²) in [5.74, 6) is -0.360. The van der Waals surface area contributed by atoms with Gasteiger partial charge in [0.1, 0.15) is 0 Å². The molecule has 0 bridgehead atoms. The average Bonchev–Trinajstić information content (AvgIpc) is 2.50. The topological polar surface area (TPSA) is 66.6 Å². The van der Waals surface area contributed by atoms with Crippen LogP contribution in [0.5, 0.6) is 0 Å². The monoisotopic (exact) mass is 303 g/mol. The Morgan fingerprint density at radius 3 is 2.64 bits per heavy atom. The van der Waals surface area contributed by atoms with E-state index in [0.717, 1.165) is 25.1 Å². The molecule has 0 spiro atoms. The molecule has 2 amide bonds. The third-order valence-electron chi connectivity index (χ3n) is 4.23. The minimum Gasteiger partial charge on any atom is -0.370 e. The number of para-hydroxylation sites is 1. The first-order valence-electron chi connectivity index (χ1n) is 7.95. The van der Waals surface area contributed by atoms with Crippen molar-refractivity contribution in [3.05, 3.63) is 30.3 Å². The Bertz CT molecular complexity index is 504. The first-order valence-corrected chi connectivity index (χ1v) is 7.95. The molecular weight excluding hydrogens is 278 g/mol. The summed E-state index contributed by atoms with van der Waals surface area (Å²) in [5, 5.41) is 0. The van der Waals surface area contributed by atoms with Crippen molar-refractivity contribution in [2.24, 2.45) is 5.73 Å². The van der Waals surface area contributed by atoms with E-state index >= 15 is 0 Å². The van der Waals surface area contributed by atoms with Gasteiger partial charge in [0.05, 0.1) is 6.54 Å². The molecule has 1 fully saturated rings. The van der Waals surface area contributed by atoms with Gasteiger partial charge in [0.25, 0.3) is 0 Å². The standard InChI is InChI=1S/C17H25N3O2/c1-14-7-5-6-11-19(14)13-17(22)20(12-10-16(18)21)15-8-3-2-4-9-15/h2-4,8-9,14H,5-7,10-13H2,1H3,(H2,18,21). The zero-order valence-corrected chi connectivity index (χ0v) is 13.2. The van der Waals surface area contributed by atoms with Crippen LogP contribution in [0.25, 0.3) is 0 Å². The molecule has 5 heteroatoms. The van der Waals surface area contributed by atoms with Gasteiger partial charge in [-0.3, -0.25) is 14.5 Å². The molecule has 1 atom stereocenters. The highest BCUT2D eigenvalue weighted by Crippen LogP contribution is 2.18. The molecule has 0 radical (unpaired) electrons. The van der Waals surface area contributed by atoms with E-state index in [1.54, 1.807) is 4.90 Å². The van der Waals surface area contributed by atoms with Crippen molar-refractivity contribution in [3.63, 3.8) is 0 Å². The summed E-state index contributed by atoms with van der Waals surface area (Å²) < 4.78 is 0. The van der Waals surface area contributed by atoms with Crippen LogP contribution in [-0.4, -0.2) is 42.4 Å². The van der Waals surface area contributed by atoms with Crippen LogP contribution in [0.1, 0.15) is 32.6 Å². The van der Waals surface area contributed by atoms with E-state index in [1.165, 1.54) is 6.42 Å². The van der Waals surface area contributed by atoms with Crippen LogP contribution in [0.3, 0.4) is 0 Å². The molecule has 0 aromatic heterocycles. The number of rotatable bonds is 6. The van der Waals surface area contributed by atoms with E-state index in [1.807, 2.05) is 30.3 Å². The summed E-state index contributed by atoms with van der Waals surface area (Å²) in [7, 11) is 0. The van der Waals surface area contributed by atoms with Crippen molar-refractivity contribution in [1.29, 1.82) is 0 Å². The number of hydrogen-bond donors (Lipinski definition) is 1. The van der Waals surface area contributed by atoms with Crippen molar-refractivity contribution in [1.82, 2.24) is 4.90 Å². The van der Waals surface area contributed by atoms with E-state index in [9.17, 15) is 9.59 Å². The minimum atomic E-state index is -0.389. The van der Waals surface area contributed by atoms with Gasteiger partial charge in [0, 0.05) is 24.7 Å². The van der Waals surface area contributed by atoms with Gasteiger partial charge in [-0.1, -0.05) is 24.6 Å². The van der Waals surface area contributed by atoms with E-state index in [-0.39, 0.29) is 18.2 Å². The number of hydrogen-bond acceptors (Lipinski definition) is 3. The maximum Gasteiger partial charge on any atom is 0.241 e. The highest BCUT2D eigenvalue weighted by molar-refractivity contribution is 5.95. The molecule has 2 rings (SSSR count). The van der Waals surface area contributed by atoms with Crippen LogP contribution < -0.4 is 10.6 Å². The number of nitrogens with zero attached hydrogens (tertiary/aromatic N) is 2. The number of nitrogens with two attached hydrogens (primary N) is 1. The number of carbonyl (C=O) groups is 2. The fourth-order valence-electron chi connectivity index (χ4n) is 2.88. The summed E-state index contributed by atoms with van der Waals surface area (Å²) in [6.45, 7) is 3.86. The number of carbonyl (C=O) groups excluding carboxylic acids is 2. The van der Waals surface area contributed by atoms with Crippen LogP contribution in [0.15, 0.2) is 30.3 Å². The first-order chi connectivity index (χ1) is 10.6. The number of likely N-dealkylation sites (tertiary alicyclic amines) is 1. The van der Waals surface area contributed by atoms with Crippen LogP contribution in [0, 0.1) is 0 Å². The summed E-state index contributed by atoms with van der Waals surface area (Å²) in [5.41, 5.74) is 6.06. The van der Waals surface area contributed by atoms with Gasteiger partial charge in [0.15, 0.2) is 0 Å². The second kappa shape index (κ2) is 7.94. The van der Waals surface area contributed by atoms with Crippen molar-refractivity contribution in [2.45, 2.75) is 38.6 Å². The van der Waals surface area contributed by atoms with Crippen LogP contribution in [0.2, 0.25) is 0 Å². The normalized spacial score (nSPS) is 18.9. The SMILES string of the molecule is CC1CCCCN1CC(=O)N(CCC(N)=O)c1ccccc1. The minimum absolute atomic E-state index is 0.0289. The lowest BCUT2D eigenvalue weighted by atomic mass is 10.0. The molecule has 0 aliphatic carbocycles. The molecule has 2 N–H and O–H groups in total. The molecule has 5 nitrogen and oxygen atoms in total. The van der Waals surface area contributed by atoms with Crippen LogP contribution in [-0.2, 0) is 9.59 Å². The second-order valence-corrected chi connectivity index (χ2v) is 5.91. The Morgan fingerprint density at radius 1 is 1.27 bits per heavy atom. The molecule has 1 aliphatic heterocycles. The Kier molecular flexibility index (Phi) is 5.95. The fraction of sp³-hybridized carbons (Fsp3) is 0.529. The summed E-state index contributed by atoms with van der Waals surface area (Å²) in [4.78, 5) is 27.7. The summed E-state index contributed by atoms with van der Waals surface area (Å²) >= 11 is 0. The van der Waals surface area contributed by atoms with E-state index < -0.39 is 0 Å².